The Hall–Kier alpha value is -4.24. The minimum Gasteiger partial charge on any atom is -0.480 e. The van der Waals surface area contributed by atoms with Crippen molar-refractivity contribution in [2.45, 2.75) is 26.0 Å². The van der Waals surface area contributed by atoms with Gasteiger partial charge in [-0.05, 0) is 61.4 Å². The summed E-state index contributed by atoms with van der Waals surface area (Å²) in [6, 6.07) is 16.2. The van der Waals surface area contributed by atoms with Crippen molar-refractivity contribution >= 4 is 61.2 Å². The molecule has 0 spiro atoms. The van der Waals surface area contributed by atoms with E-state index in [0.717, 1.165) is 11.8 Å². The zero-order valence-electron chi connectivity index (χ0n) is 22.1. The molecule has 12 nitrogen and oxygen atoms in total. The van der Waals surface area contributed by atoms with Crippen molar-refractivity contribution < 1.29 is 41.4 Å². The summed E-state index contributed by atoms with van der Waals surface area (Å²) in [5, 5.41) is 22.5. The highest BCUT2D eigenvalue weighted by atomic mass is 32.2. The first-order chi connectivity index (χ1) is 19.3. The minimum atomic E-state index is -3.55. The maximum atomic E-state index is 13.0. The van der Waals surface area contributed by atoms with Gasteiger partial charge in [-0.1, -0.05) is 30.3 Å². The number of carbonyl (C=O) groups excluding carboxylic acids is 1. The summed E-state index contributed by atoms with van der Waals surface area (Å²) < 4.78 is 53.9. The van der Waals surface area contributed by atoms with Crippen molar-refractivity contribution in [2.24, 2.45) is 0 Å². The lowest BCUT2D eigenvalue weighted by Crippen LogP contribution is -2.49. The Morgan fingerprint density at radius 3 is 2.10 bits per heavy atom. The van der Waals surface area contributed by atoms with Crippen molar-refractivity contribution in [3.8, 4) is 11.1 Å². The van der Waals surface area contributed by atoms with Crippen LogP contribution in [-0.4, -0.2) is 57.7 Å². The third-order valence-corrected chi connectivity index (χ3v) is 7.55. The fourth-order valence-corrected chi connectivity index (χ4v) is 5.72. The number of aliphatic hydroxyl groups is 1. The lowest BCUT2D eigenvalue weighted by atomic mass is 10.0. The van der Waals surface area contributed by atoms with Gasteiger partial charge in [-0.25, -0.2) is 17.4 Å². The Kier molecular flexibility index (Phi) is 8.49. The van der Waals surface area contributed by atoms with E-state index < -0.39 is 45.3 Å². The maximum Gasteiger partial charge on any atom is 0.330 e. The molecule has 41 heavy (non-hydrogen) atoms. The zero-order valence-corrected chi connectivity index (χ0v) is 23.7. The van der Waals surface area contributed by atoms with Gasteiger partial charge in [-0.15, -0.1) is 0 Å². The SMILES string of the molecule is Cc1c(C(=O)Nc2ccc(-c3ccc(N(C(C(=O)O)C(C)O)S(=O)O)cc3)cc2)oc2cccc(NS(C)(=O)=O)c12. The number of aryl methyl sites for hydroxylation is 1. The fourth-order valence-electron chi connectivity index (χ4n) is 4.39. The summed E-state index contributed by atoms with van der Waals surface area (Å²) in [6.07, 6.45) is -0.383. The molecule has 3 atom stereocenters. The molecule has 216 valence electrons. The zero-order chi connectivity index (χ0) is 30.1. The number of amides is 1. The Labute approximate surface area is 238 Å². The molecular weight excluding hydrogens is 574 g/mol. The highest BCUT2D eigenvalue weighted by Gasteiger charge is 2.34. The van der Waals surface area contributed by atoms with Gasteiger partial charge in [0.15, 0.2) is 11.8 Å². The fraction of sp³-hybridized carbons (Fsp3) is 0.185. The highest BCUT2D eigenvalue weighted by molar-refractivity contribution is 7.92. The number of sulfonamides is 1. The van der Waals surface area contributed by atoms with E-state index in [1.54, 1.807) is 61.5 Å². The molecule has 0 aliphatic rings. The summed E-state index contributed by atoms with van der Waals surface area (Å²) in [7, 11) is -3.55. The summed E-state index contributed by atoms with van der Waals surface area (Å²) in [4.78, 5) is 24.6. The van der Waals surface area contributed by atoms with Crippen LogP contribution in [0.4, 0.5) is 17.1 Å². The van der Waals surface area contributed by atoms with Crippen LogP contribution in [0.25, 0.3) is 22.1 Å². The van der Waals surface area contributed by atoms with Crippen LogP contribution in [0.2, 0.25) is 0 Å². The third-order valence-electron chi connectivity index (χ3n) is 6.18. The number of aliphatic carboxylic acids is 1. The van der Waals surface area contributed by atoms with E-state index >= 15 is 0 Å². The molecule has 0 saturated heterocycles. The van der Waals surface area contributed by atoms with Gasteiger partial charge in [-0.2, -0.15) is 0 Å². The molecule has 3 unspecified atom stereocenters. The van der Waals surface area contributed by atoms with Gasteiger partial charge >= 0.3 is 5.97 Å². The van der Waals surface area contributed by atoms with Crippen molar-refractivity contribution in [3.63, 3.8) is 0 Å². The second kappa shape index (κ2) is 11.7. The van der Waals surface area contributed by atoms with E-state index in [-0.39, 0.29) is 11.4 Å². The van der Waals surface area contributed by atoms with Crippen molar-refractivity contribution in [1.82, 2.24) is 0 Å². The Morgan fingerprint density at radius 1 is 1.00 bits per heavy atom. The van der Waals surface area contributed by atoms with E-state index in [1.165, 1.54) is 19.1 Å². The second-order valence-electron chi connectivity index (χ2n) is 9.27. The van der Waals surface area contributed by atoms with Gasteiger partial charge in [0.05, 0.1) is 23.7 Å². The van der Waals surface area contributed by atoms with Crippen molar-refractivity contribution in [1.29, 1.82) is 0 Å². The van der Waals surface area contributed by atoms with Crippen molar-refractivity contribution in [2.75, 3.05) is 20.6 Å². The monoisotopic (exact) mass is 601 g/mol. The number of rotatable bonds is 10. The normalized spacial score (nSPS) is 13.8. The Balaban J connectivity index is 1.53. The molecule has 1 amide bonds. The van der Waals surface area contributed by atoms with Crippen LogP contribution in [0.5, 0.6) is 0 Å². The summed E-state index contributed by atoms with van der Waals surface area (Å²) in [6.45, 7) is 2.88. The van der Waals surface area contributed by atoms with E-state index in [0.29, 0.717) is 37.8 Å². The number of carboxylic acid groups (broad SMARTS) is 1. The van der Waals surface area contributed by atoms with Gasteiger partial charge in [0.1, 0.15) is 5.58 Å². The van der Waals surface area contributed by atoms with Crippen LogP contribution in [-0.2, 0) is 26.1 Å². The van der Waals surface area contributed by atoms with Gasteiger partial charge in [0, 0.05) is 16.6 Å². The number of fused-ring (bicyclic) bond motifs is 1. The Morgan fingerprint density at radius 2 is 1.59 bits per heavy atom. The third kappa shape index (κ3) is 6.57. The molecule has 0 aliphatic carbocycles. The number of furan rings is 1. The average Bonchev–Trinajstić information content (AvgIpc) is 3.23. The van der Waals surface area contributed by atoms with Gasteiger partial charge in [0.25, 0.3) is 17.2 Å². The summed E-state index contributed by atoms with van der Waals surface area (Å²) >= 11 is -2.70. The molecule has 1 aromatic heterocycles. The first kappa shape index (κ1) is 29.7. The number of nitrogens with one attached hydrogen (secondary N) is 2. The Bertz CT molecular complexity index is 1730. The molecular formula is C27H27N3O9S2. The maximum absolute atomic E-state index is 13.0. The number of benzene rings is 3. The average molecular weight is 602 g/mol. The molecule has 0 aliphatic heterocycles. The quantitative estimate of drug-likeness (QED) is 0.169. The minimum absolute atomic E-state index is 0.0325. The van der Waals surface area contributed by atoms with Gasteiger partial charge in [0.2, 0.25) is 10.0 Å². The van der Waals surface area contributed by atoms with Gasteiger partial charge < -0.3 is 19.9 Å². The van der Waals surface area contributed by atoms with Crippen LogP contribution in [0, 0.1) is 6.92 Å². The largest absolute Gasteiger partial charge is 0.480 e. The molecule has 5 N–H and O–H groups in total. The van der Waals surface area contributed by atoms with Crippen LogP contribution in [0.1, 0.15) is 23.0 Å². The first-order valence-electron chi connectivity index (χ1n) is 12.1. The van der Waals surface area contributed by atoms with E-state index in [1.807, 2.05) is 0 Å². The number of nitrogens with zero attached hydrogens (tertiary/aromatic N) is 1. The standard InChI is InChI=1S/C27H27N3O9S2/c1-15-23-21(29-41(3,37)38)5-4-6-22(23)39-25(15)26(32)28-19-11-7-17(8-12-19)18-9-13-20(14-10-18)30(40(35)36)24(16(2)31)27(33)34/h4-14,16,24,29,31H,1-3H3,(H,28,32)(H,33,34)(H,35,36). The van der Waals surface area contributed by atoms with E-state index in [9.17, 15) is 37.0 Å². The predicted octanol–water partition coefficient (Wildman–Crippen LogP) is 3.81. The molecule has 0 saturated carbocycles. The number of aliphatic hydroxyl groups excluding tert-OH is 1. The van der Waals surface area contributed by atoms with Crippen LogP contribution >= 0.6 is 0 Å². The van der Waals surface area contributed by atoms with Crippen LogP contribution < -0.4 is 14.3 Å². The number of carboxylic acids is 1. The number of hydrogen-bond acceptors (Lipinski definition) is 7. The lowest BCUT2D eigenvalue weighted by molar-refractivity contribution is -0.140. The molecule has 0 bridgehead atoms. The predicted molar refractivity (Wildman–Crippen MR) is 156 cm³/mol. The number of anilines is 3. The summed E-state index contributed by atoms with van der Waals surface area (Å²) in [5.74, 6) is -1.94. The lowest BCUT2D eigenvalue weighted by Gasteiger charge is -2.28. The first-order valence-corrected chi connectivity index (χ1v) is 15.0. The van der Waals surface area contributed by atoms with E-state index in [2.05, 4.69) is 10.0 Å². The molecule has 4 aromatic rings. The smallest absolute Gasteiger partial charge is 0.330 e. The van der Waals surface area contributed by atoms with Crippen LogP contribution in [0.3, 0.4) is 0 Å². The number of hydrogen-bond donors (Lipinski definition) is 5. The molecule has 4 rings (SSSR count). The molecule has 0 fully saturated rings. The van der Waals surface area contributed by atoms with E-state index in [4.69, 9.17) is 4.42 Å². The van der Waals surface area contributed by atoms with Crippen molar-refractivity contribution in [3.05, 3.63) is 78.1 Å². The number of carbonyl (C=O) groups is 2. The molecule has 3 aromatic carbocycles. The van der Waals surface area contributed by atoms with Gasteiger partial charge in [-0.3, -0.25) is 18.4 Å². The second-order valence-corrected chi connectivity index (χ2v) is 11.9. The highest BCUT2D eigenvalue weighted by Crippen LogP contribution is 2.33. The molecule has 0 radical (unpaired) electrons. The van der Waals surface area contributed by atoms with Crippen LogP contribution in [0.15, 0.2) is 71.1 Å². The topological polar surface area (TPSA) is 186 Å². The molecule has 14 heteroatoms. The summed E-state index contributed by atoms with van der Waals surface area (Å²) in [5.41, 5.74) is 3.17. The molecule has 1 heterocycles.